The van der Waals surface area contributed by atoms with Crippen LogP contribution in [0.5, 0.6) is 0 Å². The summed E-state index contributed by atoms with van der Waals surface area (Å²) in [6.45, 7) is 10.7. The monoisotopic (exact) mass is 220 g/mol. The van der Waals surface area contributed by atoms with E-state index >= 15 is 0 Å². The van der Waals surface area contributed by atoms with Crippen LogP contribution >= 0.6 is 0 Å². The van der Waals surface area contributed by atoms with E-state index in [2.05, 4.69) is 28.0 Å². The highest BCUT2D eigenvalue weighted by molar-refractivity contribution is 5.70. The molecule has 0 aliphatic rings. The van der Waals surface area contributed by atoms with Crippen molar-refractivity contribution < 1.29 is 0 Å². The molecule has 0 atom stereocenters. The van der Waals surface area contributed by atoms with Gasteiger partial charge in [-0.3, -0.25) is 0 Å². The van der Waals surface area contributed by atoms with E-state index in [0.717, 1.165) is 31.0 Å². The largest absolute Gasteiger partial charge is 0.397 e. The van der Waals surface area contributed by atoms with Crippen molar-refractivity contribution in [3.63, 3.8) is 0 Å². The minimum Gasteiger partial charge on any atom is -0.397 e. The summed E-state index contributed by atoms with van der Waals surface area (Å²) < 4.78 is 2.09. The van der Waals surface area contributed by atoms with Gasteiger partial charge in [-0.1, -0.05) is 19.9 Å². The quantitative estimate of drug-likeness (QED) is 0.775. The molecule has 0 bridgehead atoms. The first-order valence-corrected chi connectivity index (χ1v) is 5.62. The molecule has 0 aromatic carbocycles. The molecule has 0 aliphatic carbocycles. The highest BCUT2D eigenvalue weighted by Crippen LogP contribution is 2.24. The van der Waals surface area contributed by atoms with E-state index in [9.17, 15) is 0 Å². The van der Waals surface area contributed by atoms with Crippen molar-refractivity contribution in [2.75, 3.05) is 0 Å². The van der Waals surface area contributed by atoms with Crippen LogP contribution in [0.25, 0.3) is 5.70 Å². The maximum Gasteiger partial charge on any atom is 0.161 e. The Hall–Kier alpha value is -1.58. The summed E-state index contributed by atoms with van der Waals surface area (Å²) >= 11 is 0. The number of nitrogens with two attached hydrogens (primary N) is 1. The molecule has 4 heteroatoms. The van der Waals surface area contributed by atoms with Crippen LogP contribution < -0.4 is 5.73 Å². The van der Waals surface area contributed by atoms with Gasteiger partial charge in [0, 0.05) is 12.8 Å². The van der Waals surface area contributed by atoms with Gasteiger partial charge in [0.1, 0.15) is 11.5 Å². The standard InChI is InChI=1S/C12H20N4/c1-5-7-8-16-10(4)15-11(9(3)13)12(16)14-6-2/h6H,3,5,7-8,13H2,1-2,4H3/b14-6-. The lowest BCUT2D eigenvalue weighted by Gasteiger charge is -2.06. The number of hydrogen-bond donors (Lipinski definition) is 1. The lowest BCUT2D eigenvalue weighted by molar-refractivity contribution is 0.619. The molecule has 0 aliphatic heterocycles. The molecule has 0 unspecified atom stereocenters. The Bertz CT molecular complexity index is 401. The van der Waals surface area contributed by atoms with Crippen LogP contribution in [0.15, 0.2) is 11.6 Å². The molecular weight excluding hydrogens is 200 g/mol. The molecular formula is C12H20N4. The fourth-order valence-corrected chi connectivity index (χ4v) is 1.61. The van der Waals surface area contributed by atoms with Crippen LogP contribution in [0.1, 0.15) is 38.2 Å². The first-order valence-electron chi connectivity index (χ1n) is 5.62. The molecule has 0 radical (unpaired) electrons. The molecule has 2 N–H and O–H groups in total. The number of aliphatic imine (C=N–C) groups is 1. The highest BCUT2D eigenvalue weighted by Gasteiger charge is 2.14. The molecule has 4 nitrogen and oxygen atoms in total. The Morgan fingerprint density at radius 2 is 2.31 bits per heavy atom. The highest BCUT2D eigenvalue weighted by atomic mass is 15.2. The Labute approximate surface area is 96.9 Å². The molecule has 1 heterocycles. The van der Waals surface area contributed by atoms with Crippen molar-refractivity contribution >= 4 is 17.7 Å². The topological polar surface area (TPSA) is 56.2 Å². The summed E-state index contributed by atoms with van der Waals surface area (Å²) in [5, 5.41) is 0. The summed E-state index contributed by atoms with van der Waals surface area (Å²) in [6.07, 6.45) is 4.01. The van der Waals surface area contributed by atoms with Gasteiger partial charge < -0.3 is 10.3 Å². The average Bonchev–Trinajstić information content (AvgIpc) is 2.54. The summed E-state index contributed by atoms with van der Waals surface area (Å²) in [5.74, 6) is 1.76. The van der Waals surface area contributed by atoms with Crippen LogP contribution in [0, 0.1) is 6.92 Å². The number of rotatable bonds is 5. The second-order valence-electron chi connectivity index (χ2n) is 3.75. The molecule has 0 spiro atoms. The van der Waals surface area contributed by atoms with Gasteiger partial charge in [-0.25, -0.2) is 9.98 Å². The van der Waals surface area contributed by atoms with Gasteiger partial charge in [0.05, 0.1) is 5.70 Å². The maximum atomic E-state index is 5.71. The van der Waals surface area contributed by atoms with Crippen LogP contribution in [-0.2, 0) is 6.54 Å². The molecule has 0 saturated carbocycles. The Morgan fingerprint density at radius 1 is 1.62 bits per heavy atom. The third-order valence-electron chi connectivity index (χ3n) is 2.42. The normalized spacial score (nSPS) is 11.2. The third-order valence-corrected chi connectivity index (χ3v) is 2.42. The van der Waals surface area contributed by atoms with E-state index in [1.165, 1.54) is 0 Å². The smallest absolute Gasteiger partial charge is 0.161 e. The van der Waals surface area contributed by atoms with Crippen molar-refractivity contribution in [2.45, 2.75) is 40.2 Å². The Kier molecular flexibility index (Phi) is 4.28. The van der Waals surface area contributed by atoms with Crippen LogP contribution in [0.4, 0.5) is 5.82 Å². The van der Waals surface area contributed by atoms with Gasteiger partial charge in [-0.2, -0.15) is 0 Å². The first-order chi connectivity index (χ1) is 7.61. The lowest BCUT2D eigenvalue weighted by Crippen LogP contribution is -2.00. The zero-order valence-corrected chi connectivity index (χ0v) is 10.3. The summed E-state index contributed by atoms with van der Waals surface area (Å²) in [4.78, 5) is 8.74. The van der Waals surface area contributed by atoms with E-state index in [0.29, 0.717) is 11.4 Å². The van der Waals surface area contributed by atoms with E-state index in [1.807, 2.05) is 13.8 Å². The maximum absolute atomic E-state index is 5.71. The van der Waals surface area contributed by atoms with Gasteiger partial charge in [-0.05, 0) is 20.3 Å². The minimum absolute atomic E-state index is 0.471. The fourth-order valence-electron chi connectivity index (χ4n) is 1.61. The average molecular weight is 220 g/mol. The van der Waals surface area contributed by atoms with Crippen LogP contribution in [0.2, 0.25) is 0 Å². The molecule has 1 rings (SSSR count). The van der Waals surface area contributed by atoms with E-state index in [4.69, 9.17) is 5.73 Å². The van der Waals surface area contributed by atoms with Crippen molar-refractivity contribution in [1.29, 1.82) is 0 Å². The van der Waals surface area contributed by atoms with Crippen molar-refractivity contribution in [1.82, 2.24) is 9.55 Å². The second-order valence-corrected chi connectivity index (χ2v) is 3.75. The van der Waals surface area contributed by atoms with Gasteiger partial charge in [0.25, 0.3) is 0 Å². The SMILES string of the molecule is C=C(N)c1nc(C)n(CCCC)c1/N=C\C. The minimum atomic E-state index is 0.471. The Morgan fingerprint density at radius 3 is 2.81 bits per heavy atom. The van der Waals surface area contributed by atoms with E-state index in [-0.39, 0.29) is 0 Å². The number of imidazole rings is 1. The molecule has 1 aromatic heterocycles. The molecule has 1 aromatic rings. The number of hydrogen-bond acceptors (Lipinski definition) is 3. The van der Waals surface area contributed by atoms with Gasteiger partial charge in [0.2, 0.25) is 0 Å². The second kappa shape index (κ2) is 5.49. The first kappa shape index (κ1) is 12.5. The predicted molar refractivity (Wildman–Crippen MR) is 68.9 cm³/mol. The molecule has 0 fully saturated rings. The number of aryl methyl sites for hydroxylation is 1. The lowest BCUT2D eigenvalue weighted by atomic mass is 10.3. The van der Waals surface area contributed by atoms with Crippen molar-refractivity contribution in [3.8, 4) is 0 Å². The molecule has 88 valence electrons. The number of aromatic nitrogens is 2. The fraction of sp³-hybridized carbons (Fsp3) is 0.500. The third kappa shape index (κ3) is 2.51. The zero-order chi connectivity index (χ0) is 12.1. The zero-order valence-electron chi connectivity index (χ0n) is 10.3. The summed E-state index contributed by atoms with van der Waals surface area (Å²) in [6, 6.07) is 0. The van der Waals surface area contributed by atoms with Gasteiger partial charge in [-0.15, -0.1) is 0 Å². The number of nitrogens with zero attached hydrogens (tertiary/aromatic N) is 3. The van der Waals surface area contributed by atoms with E-state index in [1.54, 1.807) is 6.21 Å². The Balaban J connectivity index is 3.18. The van der Waals surface area contributed by atoms with E-state index < -0.39 is 0 Å². The van der Waals surface area contributed by atoms with Crippen molar-refractivity contribution in [2.24, 2.45) is 10.7 Å². The summed E-state index contributed by atoms with van der Waals surface area (Å²) in [5.41, 5.74) is 6.88. The predicted octanol–water partition coefficient (Wildman–Crippen LogP) is 2.64. The molecule has 16 heavy (non-hydrogen) atoms. The van der Waals surface area contributed by atoms with Gasteiger partial charge >= 0.3 is 0 Å². The molecule has 0 amide bonds. The van der Waals surface area contributed by atoms with Crippen LogP contribution in [-0.4, -0.2) is 15.8 Å². The number of unbranched alkanes of at least 4 members (excludes halogenated alkanes) is 1. The molecule has 0 saturated heterocycles. The van der Waals surface area contributed by atoms with Gasteiger partial charge in [0.15, 0.2) is 5.82 Å². The van der Waals surface area contributed by atoms with Crippen molar-refractivity contribution in [3.05, 3.63) is 18.1 Å². The van der Waals surface area contributed by atoms with Crippen LogP contribution in [0.3, 0.4) is 0 Å². The summed E-state index contributed by atoms with van der Waals surface area (Å²) in [7, 11) is 0.